The monoisotopic (exact) mass is 202 g/mol. The highest BCUT2D eigenvalue weighted by molar-refractivity contribution is 6.12. The number of amides is 2. The summed E-state index contributed by atoms with van der Waals surface area (Å²) in [6.07, 6.45) is 1.12. The number of hydrogen-bond donors (Lipinski definition) is 3. The van der Waals surface area contributed by atoms with Crippen molar-refractivity contribution in [1.29, 1.82) is 0 Å². The van der Waals surface area contributed by atoms with Gasteiger partial charge in [0.15, 0.2) is 0 Å². The van der Waals surface area contributed by atoms with Gasteiger partial charge in [-0.15, -0.1) is 5.59 Å². The molecule has 1 atom stereocenters. The Morgan fingerprint density at radius 2 is 2.00 bits per heavy atom. The molecule has 0 aromatic carbocycles. The molecule has 0 aliphatic carbocycles. The van der Waals surface area contributed by atoms with E-state index < -0.39 is 24.5 Å². The maximum Gasteiger partial charge on any atom is 0.270 e. The third-order valence-corrected chi connectivity index (χ3v) is 1.45. The SMILES string of the molecule is O=C1C=CC(=O)N1NOCC(O)CO. The second-order valence-corrected chi connectivity index (χ2v) is 2.58. The van der Waals surface area contributed by atoms with Gasteiger partial charge in [-0.25, -0.2) is 0 Å². The molecular formula is C7H10N2O5. The molecule has 0 bridgehead atoms. The Labute approximate surface area is 79.5 Å². The lowest BCUT2D eigenvalue weighted by Gasteiger charge is -2.15. The first-order valence-electron chi connectivity index (χ1n) is 3.87. The topological polar surface area (TPSA) is 99.1 Å². The molecule has 0 fully saturated rings. The number of hydrazine groups is 1. The largest absolute Gasteiger partial charge is 0.394 e. The maximum atomic E-state index is 10.9. The van der Waals surface area contributed by atoms with Crippen LogP contribution in [0.15, 0.2) is 12.2 Å². The number of hydrogen-bond acceptors (Lipinski definition) is 6. The summed E-state index contributed by atoms with van der Waals surface area (Å²) in [5.74, 6) is -1.10. The summed E-state index contributed by atoms with van der Waals surface area (Å²) in [5.41, 5.74) is 2.05. The van der Waals surface area contributed by atoms with E-state index in [-0.39, 0.29) is 6.61 Å². The van der Waals surface area contributed by atoms with Crippen LogP contribution in [0.25, 0.3) is 0 Å². The van der Waals surface area contributed by atoms with Crippen molar-refractivity contribution in [1.82, 2.24) is 10.6 Å². The molecule has 7 heteroatoms. The fraction of sp³-hybridized carbons (Fsp3) is 0.429. The average Bonchev–Trinajstić information content (AvgIpc) is 2.48. The number of aliphatic hydroxyl groups is 2. The lowest BCUT2D eigenvalue weighted by atomic mass is 10.4. The van der Waals surface area contributed by atoms with Crippen molar-refractivity contribution in [2.45, 2.75) is 6.10 Å². The lowest BCUT2D eigenvalue weighted by Crippen LogP contribution is -2.43. The molecule has 0 aromatic heterocycles. The highest BCUT2D eigenvalue weighted by Gasteiger charge is 2.23. The minimum Gasteiger partial charge on any atom is -0.394 e. The van der Waals surface area contributed by atoms with E-state index >= 15 is 0 Å². The van der Waals surface area contributed by atoms with Gasteiger partial charge in [-0.1, -0.05) is 0 Å². The molecule has 0 aromatic rings. The van der Waals surface area contributed by atoms with Crippen molar-refractivity contribution in [2.24, 2.45) is 0 Å². The van der Waals surface area contributed by atoms with Gasteiger partial charge in [0.25, 0.3) is 11.8 Å². The van der Waals surface area contributed by atoms with Crippen LogP contribution in [0.3, 0.4) is 0 Å². The number of nitrogens with zero attached hydrogens (tertiary/aromatic N) is 1. The molecule has 1 aliphatic rings. The zero-order chi connectivity index (χ0) is 10.6. The summed E-state index contributed by atoms with van der Waals surface area (Å²) in [4.78, 5) is 26.4. The zero-order valence-corrected chi connectivity index (χ0v) is 7.21. The first kappa shape index (κ1) is 10.8. The van der Waals surface area contributed by atoms with E-state index in [1.807, 2.05) is 5.59 Å². The summed E-state index contributed by atoms with van der Waals surface area (Å²) in [5, 5.41) is 17.9. The zero-order valence-electron chi connectivity index (χ0n) is 7.21. The van der Waals surface area contributed by atoms with Crippen LogP contribution in [0.5, 0.6) is 0 Å². The number of carbonyl (C=O) groups is 2. The number of rotatable bonds is 5. The van der Waals surface area contributed by atoms with Gasteiger partial charge in [-0.3, -0.25) is 14.4 Å². The number of imide groups is 1. The Hall–Kier alpha value is -1.28. The van der Waals surface area contributed by atoms with Crippen LogP contribution < -0.4 is 5.59 Å². The molecule has 2 amide bonds. The highest BCUT2D eigenvalue weighted by Crippen LogP contribution is 1.99. The predicted molar refractivity (Wildman–Crippen MR) is 43.2 cm³/mol. The minimum absolute atomic E-state index is 0.229. The van der Waals surface area contributed by atoms with Crippen molar-refractivity contribution in [3.8, 4) is 0 Å². The standard InChI is InChI=1S/C7H10N2O5/c10-3-5(11)4-14-8-9-6(12)1-2-7(9)13/h1-2,5,8,10-11H,3-4H2. The molecule has 78 valence electrons. The summed E-state index contributed by atoms with van der Waals surface area (Å²) in [6.45, 7) is -0.685. The minimum atomic E-state index is -1.05. The summed E-state index contributed by atoms with van der Waals surface area (Å²) in [6, 6.07) is 0. The molecule has 14 heavy (non-hydrogen) atoms. The van der Waals surface area contributed by atoms with Gasteiger partial charge in [-0.2, -0.15) is 5.01 Å². The van der Waals surface area contributed by atoms with Crippen molar-refractivity contribution in [2.75, 3.05) is 13.2 Å². The van der Waals surface area contributed by atoms with Gasteiger partial charge in [0, 0.05) is 12.2 Å². The average molecular weight is 202 g/mol. The van der Waals surface area contributed by atoms with E-state index in [0.29, 0.717) is 5.01 Å². The van der Waals surface area contributed by atoms with Crippen LogP contribution in [0.1, 0.15) is 0 Å². The van der Waals surface area contributed by atoms with Gasteiger partial charge < -0.3 is 10.2 Å². The van der Waals surface area contributed by atoms with Gasteiger partial charge in [0.2, 0.25) is 0 Å². The van der Waals surface area contributed by atoms with E-state index in [9.17, 15) is 9.59 Å². The first-order valence-corrected chi connectivity index (χ1v) is 3.87. The molecule has 0 saturated carbocycles. The van der Waals surface area contributed by atoms with Gasteiger partial charge in [-0.05, 0) is 0 Å². The van der Waals surface area contributed by atoms with Crippen LogP contribution in [-0.4, -0.2) is 46.4 Å². The van der Waals surface area contributed by atoms with E-state index in [1.54, 1.807) is 0 Å². The highest BCUT2D eigenvalue weighted by atomic mass is 16.7. The van der Waals surface area contributed by atoms with Gasteiger partial charge in [0.05, 0.1) is 13.2 Å². The van der Waals surface area contributed by atoms with Gasteiger partial charge >= 0.3 is 0 Å². The third-order valence-electron chi connectivity index (χ3n) is 1.45. The smallest absolute Gasteiger partial charge is 0.270 e. The molecule has 7 nitrogen and oxygen atoms in total. The predicted octanol–water partition coefficient (Wildman–Crippen LogP) is -2.30. The van der Waals surface area contributed by atoms with Crippen molar-refractivity contribution < 1.29 is 24.6 Å². The second kappa shape index (κ2) is 4.82. The summed E-state index contributed by atoms with van der Waals surface area (Å²) in [7, 11) is 0. The molecule has 1 heterocycles. The number of aliphatic hydroxyl groups excluding tert-OH is 2. The molecular weight excluding hydrogens is 192 g/mol. The van der Waals surface area contributed by atoms with Crippen LogP contribution >= 0.6 is 0 Å². The van der Waals surface area contributed by atoms with Gasteiger partial charge in [0.1, 0.15) is 6.10 Å². The lowest BCUT2D eigenvalue weighted by molar-refractivity contribution is -0.162. The molecule has 0 saturated heterocycles. The Bertz CT molecular complexity index is 247. The van der Waals surface area contributed by atoms with E-state index in [0.717, 1.165) is 12.2 Å². The third kappa shape index (κ3) is 2.60. The van der Waals surface area contributed by atoms with Crippen LogP contribution in [-0.2, 0) is 14.4 Å². The second-order valence-electron chi connectivity index (χ2n) is 2.58. The maximum absolute atomic E-state index is 10.9. The number of nitrogens with one attached hydrogen (secondary N) is 1. The van der Waals surface area contributed by atoms with Crippen LogP contribution in [0.2, 0.25) is 0 Å². The Morgan fingerprint density at radius 1 is 1.43 bits per heavy atom. The van der Waals surface area contributed by atoms with Crippen LogP contribution in [0.4, 0.5) is 0 Å². The summed E-state index contributed by atoms with van der Waals surface area (Å²) < 4.78 is 0. The Morgan fingerprint density at radius 3 is 2.50 bits per heavy atom. The van der Waals surface area contributed by atoms with Crippen molar-refractivity contribution >= 4 is 11.8 Å². The molecule has 1 unspecified atom stereocenters. The fourth-order valence-electron chi connectivity index (χ4n) is 0.741. The Kier molecular flexibility index (Phi) is 3.72. The quantitative estimate of drug-likeness (QED) is 0.342. The molecule has 3 N–H and O–H groups in total. The van der Waals surface area contributed by atoms with Crippen molar-refractivity contribution in [3.05, 3.63) is 12.2 Å². The molecule has 0 spiro atoms. The molecule has 1 rings (SSSR count). The summed E-state index contributed by atoms with van der Waals surface area (Å²) >= 11 is 0. The first-order chi connectivity index (χ1) is 6.65. The van der Waals surface area contributed by atoms with Crippen LogP contribution in [0, 0.1) is 0 Å². The Balaban J connectivity index is 2.25. The fourth-order valence-corrected chi connectivity index (χ4v) is 0.741. The van der Waals surface area contributed by atoms with E-state index in [1.165, 1.54) is 0 Å². The molecule has 1 aliphatic heterocycles. The van der Waals surface area contributed by atoms with Crippen molar-refractivity contribution in [3.63, 3.8) is 0 Å². The molecule has 0 radical (unpaired) electrons. The van der Waals surface area contributed by atoms with E-state index in [2.05, 4.69) is 4.84 Å². The van der Waals surface area contributed by atoms with E-state index in [4.69, 9.17) is 10.2 Å². The normalized spacial score (nSPS) is 18.0. The number of carbonyl (C=O) groups excluding carboxylic acids is 2.